The Kier molecular flexibility index (Phi) is 6.41. The standard InChI is InChI=1S/C20H20ClN5O2/c1-2-11-28-17-8-5-14(21)12-16(17)18-24-19(22)26-20(25-18)23-15-6-3-13(4-7-15)9-10-27/h2-8,12,27H,1,9-11H2,(H3,22,23,24,25,26). The third-order valence-electron chi connectivity index (χ3n) is 3.80. The summed E-state index contributed by atoms with van der Waals surface area (Å²) in [5.41, 5.74) is 8.30. The molecule has 144 valence electrons. The number of rotatable bonds is 8. The van der Waals surface area contributed by atoms with Crippen LogP contribution in [0.5, 0.6) is 5.75 Å². The second-order valence-electron chi connectivity index (χ2n) is 5.88. The second kappa shape index (κ2) is 9.16. The second-order valence-corrected chi connectivity index (χ2v) is 6.31. The van der Waals surface area contributed by atoms with E-state index in [0.717, 1.165) is 11.3 Å². The number of halogens is 1. The van der Waals surface area contributed by atoms with E-state index >= 15 is 0 Å². The molecule has 0 saturated heterocycles. The predicted octanol–water partition coefficient (Wildman–Crippen LogP) is 3.62. The maximum Gasteiger partial charge on any atom is 0.232 e. The van der Waals surface area contributed by atoms with Gasteiger partial charge < -0.3 is 20.9 Å². The maximum absolute atomic E-state index is 9.01. The van der Waals surface area contributed by atoms with Gasteiger partial charge >= 0.3 is 0 Å². The summed E-state index contributed by atoms with van der Waals surface area (Å²) in [6.45, 7) is 4.09. The third kappa shape index (κ3) is 4.97. The number of aromatic nitrogens is 3. The summed E-state index contributed by atoms with van der Waals surface area (Å²) >= 11 is 6.14. The minimum atomic E-state index is 0.0686. The zero-order chi connectivity index (χ0) is 19.9. The van der Waals surface area contributed by atoms with Crippen LogP contribution in [0.25, 0.3) is 11.4 Å². The van der Waals surface area contributed by atoms with Crippen molar-refractivity contribution in [3.05, 3.63) is 65.7 Å². The highest BCUT2D eigenvalue weighted by atomic mass is 35.5. The largest absolute Gasteiger partial charge is 0.489 e. The van der Waals surface area contributed by atoms with Crippen LogP contribution in [-0.2, 0) is 6.42 Å². The summed E-state index contributed by atoms with van der Waals surface area (Å²) in [6, 6.07) is 12.8. The molecule has 0 atom stereocenters. The lowest BCUT2D eigenvalue weighted by Crippen LogP contribution is -2.06. The molecule has 0 aliphatic rings. The first-order valence-corrected chi connectivity index (χ1v) is 8.99. The number of nitrogens with zero attached hydrogens (tertiary/aromatic N) is 3. The lowest BCUT2D eigenvalue weighted by Gasteiger charge is -2.12. The number of nitrogens with two attached hydrogens (primary N) is 1. The number of aliphatic hydroxyl groups excluding tert-OH is 1. The Morgan fingerprint density at radius 3 is 2.64 bits per heavy atom. The summed E-state index contributed by atoms with van der Waals surface area (Å²) < 4.78 is 5.67. The molecule has 0 unspecified atom stereocenters. The fourth-order valence-corrected chi connectivity index (χ4v) is 2.71. The fraction of sp³-hybridized carbons (Fsp3) is 0.150. The van der Waals surface area contributed by atoms with Crippen molar-refractivity contribution in [2.75, 3.05) is 24.3 Å². The maximum atomic E-state index is 9.01. The summed E-state index contributed by atoms with van der Waals surface area (Å²) in [5.74, 6) is 1.27. The molecule has 3 rings (SSSR count). The Hall–Kier alpha value is -3.16. The molecule has 0 radical (unpaired) electrons. The zero-order valence-electron chi connectivity index (χ0n) is 15.1. The third-order valence-corrected chi connectivity index (χ3v) is 4.04. The van der Waals surface area contributed by atoms with Gasteiger partial charge in [-0.3, -0.25) is 0 Å². The van der Waals surface area contributed by atoms with Crippen LogP contribution in [0.15, 0.2) is 55.1 Å². The highest BCUT2D eigenvalue weighted by Crippen LogP contribution is 2.31. The van der Waals surface area contributed by atoms with Crippen LogP contribution < -0.4 is 15.8 Å². The average molecular weight is 398 g/mol. The Balaban J connectivity index is 1.91. The summed E-state index contributed by atoms with van der Waals surface area (Å²) in [4.78, 5) is 12.8. The first-order chi connectivity index (χ1) is 13.6. The van der Waals surface area contributed by atoms with E-state index in [0.29, 0.717) is 41.1 Å². The van der Waals surface area contributed by atoms with Gasteiger partial charge in [-0.1, -0.05) is 36.4 Å². The fourth-order valence-electron chi connectivity index (χ4n) is 2.53. The number of benzene rings is 2. The number of nitrogen functional groups attached to an aromatic ring is 1. The number of hydrogen-bond donors (Lipinski definition) is 3. The van der Waals surface area contributed by atoms with Gasteiger partial charge in [-0.05, 0) is 42.3 Å². The predicted molar refractivity (Wildman–Crippen MR) is 111 cm³/mol. The molecule has 3 aromatic rings. The van der Waals surface area contributed by atoms with Crippen molar-refractivity contribution in [1.29, 1.82) is 0 Å². The van der Waals surface area contributed by atoms with Gasteiger partial charge in [0.1, 0.15) is 12.4 Å². The molecule has 0 fully saturated rings. The molecule has 4 N–H and O–H groups in total. The lowest BCUT2D eigenvalue weighted by atomic mass is 10.1. The van der Waals surface area contributed by atoms with Crippen molar-refractivity contribution in [3.8, 4) is 17.1 Å². The topological polar surface area (TPSA) is 106 Å². The van der Waals surface area contributed by atoms with Crippen LogP contribution in [0.2, 0.25) is 5.02 Å². The molecule has 0 bridgehead atoms. The van der Waals surface area contributed by atoms with Gasteiger partial charge in [-0.2, -0.15) is 15.0 Å². The van der Waals surface area contributed by atoms with Crippen LogP contribution in [0.3, 0.4) is 0 Å². The Bertz CT molecular complexity index is 963. The smallest absolute Gasteiger partial charge is 0.232 e. The van der Waals surface area contributed by atoms with E-state index in [9.17, 15) is 0 Å². The van der Waals surface area contributed by atoms with E-state index < -0.39 is 0 Å². The van der Waals surface area contributed by atoms with Gasteiger partial charge in [0.05, 0.1) is 5.56 Å². The molecule has 1 heterocycles. The molecule has 1 aromatic heterocycles. The number of hydrogen-bond acceptors (Lipinski definition) is 7. The van der Waals surface area contributed by atoms with Crippen LogP contribution in [-0.4, -0.2) is 33.3 Å². The van der Waals surface area contributed by atoms with Crippen molar-refractivity contribution in [1.82, 2.24) is 15.0 Å². The molecule has 0 spiro atoms. The molecule has 8 heteroatoms. The van der Waals surface area contributed by atoms with Crippen molar-refractivity contribution >= 4 is 29.2 Å². The number of aliphatic hydroxyl groups is 1. The van der Waals surface area contributed by atoms with E-state index in [4.69, 9.17) is 27.2 Å². The SMILES string of the molecule is C=CCOc1ccc(Cl)cc1-c1nc(N)nc(Nc2ccc(CCO)cc2)n1. The summed E-state index contributed by atoms with van der Waals surface area (Å²) in [5, 5.41) is 12.6. The molecule has 0 aliphatic carbocycles. The van der Waals surface area contributed by atoms with Crippen molar-refractivity contribution in [2.45, 2.75) is 6.42 Å². The van der Waals surface area contributed by atoms with E-state index in [-0.39, 0.29) is 12.6 Å². The molecule has 28 heavy (non-hydrogen) atoms. The quantitative estimate of drug-likeness (QED) is 0.498. The van der Waals surface area contributed by atoms with E-state index in [1.54, 1.807) is 24.3 Å². The van der Waals surface area contributed by atoms with Gasteiger partial charge in [0, 0.05) is 17.3 Å². The van der Waals surface area contributed by atoms with Crippen molar-refractivity contribution < 1.29 is 9.84 Å². The highest BCUT2D eigenvalue weighted by Gasteiger charge is 2.13. The summed E-state index contributed by atoms with van der Waals surface area (Å²) in [7, 11) is 0. The van der Waals surface area contributed by atoms with Gasteiger partial charge in [0.2, 0.25) is 11.9 Å². The molecule has 0 saturated carbocycles. The number of nitrogens with one attached hydrogen (secondary N) is 1. The van der Waals surface area contributed by atoms with Crippen molar-refractivity contribution in [2.24, 2.45) is 0 Å². The highest BCUT2D eigenvalue weighted by molar-refractivity contribution is 6.30. The van der Waals surface area contributed by atoms with E-state index in [1.165, 1.54) is 0 Å². The molecular weight excluding hydrogens is 378 g/mol. The van der Waals surface area contributed by atoms with E-state index in [2.05, 4.69) is 26.8 Å². The average Bonchev–Trinajstić information content (AvgIpc) is 2.68. The zero-order valence-corrected chi connectivity index (χ0v) is 15.9. The molecule has 7 nitrogen and oxygen atoms in total. The van der Waals surface area contributed by atoms with Crippen LogP contribution >= 0.6 is 11.6 Å². The first kappa shape index (κ1) is 19.6. The van der Waals surface area contributed by atoms with E-state index in [1.807, 2.05) is 24.3 Å². The van der Waals surface area contributed by atoms with Crippen molar-refractivity contribution in [3.63, 3.8) is 0 Å². The molecule has 2 aromatic carbocycles. The van der Waals surface area contributed by atoms with Gasteiger partial charge in [0.15, 0.2) is 5.82 Å². The number of ether oxygens (including phenoxy) is 1. The Labute approximate surface area is 167 Å². The normalized spacial score (nSPS) is 10.5. The van der Waals surface area contributed by atoms with Crippen LogP contribution in [0.1, 0.15) is 5.56 Å². The monoisotopic (exact) mass is 397 g/mol. The first-order valence-electron chi connectivity index (χ1n) is 8.61. The Morgan fingerprint density at radius 2 is 1.93 bits per heavy atom. The lowest BCUT2D eigenvalue weighted by molar-refractivity contribution is 0.299. The van der Waals surface area contributed by atoms with Gasteiger partial charge in [-0.25, -0.2) is 0 Å². The Morgan fingerprint density at radius 1 is 1.14 bits per heavy atom. The summed E-state index contributed by atoms with van der Waals surface area (Å²) in [6.07, 6.45) is 2.25. The van der Waals surface area contributed by atoms with Gasteiger partial charge in [-0.15, -0.1) is 0 Å². The minimum Gasteiger partial charge on any atom is -0.489 e. The minimum absolute atomic E-state index is 0.0686. The van der Waals surface area contributed by atoms with Crippen LogP contribution in [0.4, 0.5) is 17.6 Å². The molecular formula is C20H20ClN5O2. The van der Waals surface area contributed by atoms with Gasteiger partial charge in [0.25, 0.3) is 0 Å². The molecule has 0 aliphatic heterocycles. The molecule has 0 amide bonds. The number of anilines is 3. The van der Waals surface area contributed by atoms with Crippen LogP contribution in [0, 0.1) is 0 Å².